The van der Waals surface area contributed by atoms with Crippen LogP contribution in [0.15, 0.2) is 47.4 Å². The highest BCUT2D eigenvalue weighted by molar-refractivity contribution is 5.32. The van der Waals surface area contributed by atoms with Crippen LogP contribution >= 0.6 is 0 Å². The molecule has 2 rings (SSSR count). The first-order valence-electron chi connectivity index (χ1n) is 5.36. The Morgan fingerprint density at radius 1 is 1.29 bits per heavy atom. The van der Waals surface area contributed by atoms with E-state index in [2.05, 4.69) is 6.07 Å². The van der Waals surface area contributed by atoms with Gasteiger partial charge in [0.2, 0.25) is 0 Å². The highest BCUT2D eigenvalue weighted by Crippen LogP contribution is 2.05. The zero-order valence-corrected chi connectivity index (χ0v) is 9.55. The summed E-state index contributed by atoms with van der Waals surface area (Å²) in [4.78, 5) is 11.8. The Morgan fingerprint density at radius 3 is 2.88 bits per heavy atom. The van der Waals surface area contributed by atoms with Crippen molar-refractivity contribution in [3.63, 3.8) is 0 Å². The largest absolute Gasteiger partial charge is 0.311 e. The number of benzene rings is 1. The fraction of sp³-hybridized carbons (Fsp3) is 0.143. The molecule has 0 fully saturated rings. The molecule has 3 nitrogen and oxygen atoms in total. The maximum absolute atomic E-state index is 11.8. The maximum Gasteiger partial charge on any atom is 0.253 e. The number of hydrogen-bond acceptors (Lipinski definition) is 2. The van der Waals surface area contributed by atoms with E-state index in [0.29, 0.717) is 12.1 Å². The first-order chi connectivity index (χ1) is 8.20. The molecule has 84 valence electrons. The molecule has 0 saturated heterocycles. The van der Waals surface area contributed by atoms with Gasteiger partial charge in [-0.25, -0.2) is 0 Å². The Morgan fingerprint density at radius 2 is 2.12 bits per heavy atom. The van der Waals surface area contributed by atoms with Crippen molar-refractivity contribution in [2.45, 2.75) is 13.5 Å². The molecule has 3 heteroatoms. The Balaban J connectivity index is 2.35. The van der Waals surface area contributed by atoms with Crippen LogP contribution in [0.2, 0.25) is 0 Å². The van der Waals surface area contributed by atoms with Crippen molar-refractivity contribution >= 4 is 0 Å². The number of pyridine rings is 1. The molecular weight excluding hydrogens is 212 g/mol. The number of hydrogen-bond donors (Lipinski definition) is 0. The molecule has 0 N–H and O–H groups in total. The predicted molar refractivity (Wildman–Crippen MR) is 65.7 cm³/mol. The van der Waals surface area contributed by atoms with Crippen LogP contribution in [-0.4, -0.2) is 4.57 Å². The van der Waals surface area contributed by atoms with Crippen LogP contribution in [0.3, 0.4) is 0 Å². The van der Waals surface area contributed by atoms with Crippen LogP contribution in [-0.2, 0) is 6.54 Å². The van der Waals surface area contributed by atoms with E-state index < -0.39 is 0 Å². The van der Waals surface area contributed by atoms with Gasteiger partial charge in [0, 0.05) is 11.8 Å². The predicted octanol–water partition coefficient (Wildman–Crippen LogP) is 2.08. The summed E-state index contributed by atoms with van der Waals surface area (Å²) < 4.78 is 1.64. The Labute approximate surface area is 99.6 Å². The van der Waals surface area contributed by atoms with E-state index in [1.807, 2.05) is 18.2 Å². The van der Waals surface area contributed by atoms with Crippen molar-refractivity contribution in [3.8, 4) is 6.07 Å². The fourth-order valence-electron chi connectivity index (χ4n) is 1.72. The van der Waals surface area contributed by atoms with Crippen LogP contribution in [0, 0.1) is 18.3 Å². The minimum atomic E-state index is 0.00913. The smallest absolute Gasteiger partial charge is 0.253 e. The van der Waals surface area contributed by atoms with Gasteiger partial charge in [-0.3, -0.25) is 4.79 Å². The van der Waals surface area contributed by atoms with Gasteiger partial charge in [0.25, 0.3) is 5.56 Å². The van der Waals surface area contributed by atoms with E-state index in [9.17, 15) is 4.79 Å². The average Bonchev–Trinajstić information content (AvgIpc) is 2.35. The number of nitrogens with zero attached hydrogens (tertiary/aromatic N) is 2. The summed E-state index contributed by atoms with van der Waals surface area (Å²) in [6.07, 6.45) is 1.76. The minimum Gasteiger partial charge on any atom is -0.311 e. The third-order valence-electron chi connectivity index (χ3n) is 2.62. The normalized spacial score (nSPS) is 9.88. The number of aromatic nitrogens is 1. The van der Waals surface area contributed by atoms with E-state index in [4.69, 9.17) is 5.26 Å². The topological polar surface area (TPSA) is 45.8 Å². The molecule has 2 aromatic rings. The third-order valence-corrected chi connectivity index (χ3v) is 2.62. The molecule has 0 radical (unpaired) electrons. The maximum atomic E-state index is 11.8. The lowest BCUT2D eigenvalue weighted by Gasteiger charge is -2.06. The van der Waals surface area contributed by atoms with Gasteiger partial charge in [-0.2, -0.15) is 5.26 Å². The molecule has 1 aromatic heterocycles. The summed E-state index contributed by atoms with van der Waals surface area (Å²) in [6, 6.07) is 13.0. The standard InChI is InChI=1S/C14H12N2O/c1-11-4-3-7-16(14(11)17)10-13-6-2-5-12(8-13)9-15/h2-8H,10H2,1H3. The lowest BCUT2D eigenvalue weighted by Crippen LogP contribution is -2.21. The molecule has 0 atom stereocenters. The van der Waals surface area contributed by atoms with Gasteiger partial charge < -0.3 is 4.57 Å². The van der Waals surface area contributed by atoms with Crippen molar-refractivity contribution in [3.05, 3.63) is 69.6 Å². The summed E-state index contributed by atoms with van der Waals surface area (Å²) in [5.41, 5.74) is 2.30. The van der Waals surface area contributed by atoms with Gasteiger partial charge in [-0.1, -0.05) is 18.2 Å². The first-order valence-corrected chi connectivity index (χ1v) is 5.36. The van der Waals surface area contributed by atoms with Gasteiger partial charge >= 0.3 is 0 Å². The van der Waals surface area contributed by atoms with E-state index in [1.165, 1.54) is 0 Å². The van der Waals surface area contributed by atoms with E-state index in [0.717, 1.165) is 11.1 Å². The van der Waals surface area contributed by atoms with E-state index >= 15 is 0 Å². The highest BCUT2D eigenvalue weighted by Gasteiger charge is 2.00. The molecule has 1 heterocycles. The average molecular weight is 224 g/mol. The monoisotopic (exact) mass is 224 g/mol. The first kappa shape index (κ1) is 11.2. The van der Waals surface area contributed by atoms with E-state index in [-0.39, 0.29) is 5.56 Å². The fourth-order valence-corrected chi connectivity index (χ4v) is 1.72. The molecule has 17 heavy (non-hydrogen) atoms. The summed E-state index contributed by atoms with van der Waals surface area (Å²) in [5, 5.41) is 8.81. The lowest BCUT2D eigenvalue weighted by atomic mass is 10.1. The molecule has 0 spiro atoms. The highest BCUT2D eigenvalue weighted by atomic mass is 16.1. The molecule has 0 aliphatic rings. The van der Waals surface area contributed by atoms with Crippen molar-refractivity contribution in [2.75, 3.05) is 0 Å². The van der Waals surface area contributed by atoms with Crippen LogP contribution in [0.1, 0.15) is 16.7 Å². The van der Waals surface area contributed by atoms with Crippen LogP contribution in [0.4, 0.5) is 0 Å². The van der Waals surface area contributed by atoms with Crippen molar-refractivity contribution < 1.29 is 0 Å². The lowest BCUT2D eigenvalue weighted by molar-refractivity contribution is 0.752. The number of nitriles is 1. The van der Waals surface area contributed by atoms with Crippen LogP contribution in [0.5, 0.6) is 0 Å². The minimum absolute atomic E-state index is 0.00913. The van der Waals surface area contributed by atoms with Crippen molar-refractivity contribution in [1.29, 1.82) is 5.26 Å². The molecule has 0 aliphatic carbocycles. The SMILES string of the molecule is Cc1cccn(Cc2cccc(C#N)c2)c1=O. The van der Waals surface area contributed by atoms with Gasteiger partial charge in [-0.15, -0.1) is 0 Å². The number of rotatable bonds is 2. The van der Waals surface area contributed by atoms with Gasteiger partial charge in [0.1, 0.15) is 0 Å². The Bertz CT molecular complexity index is 635. The second-order valence-corrected chi connectivity index (χ2v) is 3.94. The quantitative estimate of drug-likeness (QED) is 0.784. The van der Waals surface area contributed by atoms with Crippen LogP contribution in [0.25, 0.3) is 0 Å². The van der Waals surface area contributed by atoms with Gasteiger partial charge in [0.15, 0.2) is 0 Å². The molecule has 0 aliphatic heterocycles. The second kappa shape index (κ2) is 4.67. The van der Waals surface area contributed by atoms with E-state index in [1.54, 1.807) is 35.9 Å². The molecule has 1 aromatic carbocycles. The Hall–Kier alpha value is -2.34. The Kier molecular flexibility index (Phi) is 3.06. The number of aryl methyl sites for hydroxylation is 1. The zero-order chi connectivity index (χ0) is 12.3. The molecular formula is C14H12N2O. The summed E-state index contributed by atoms with van der Waals surface area (Å²) in [6.45, 7) is 2.29. The third kappa shape index (κ3) is 2.43. The van der Waals surface area contributed by atoms with Gasteiger partial charge in [0.05, 0.1) is 18.2 Å². The summed E-state index contributed by atoms with van der Waals surface area (Å²) in [5.74, 6) is 0. The second-order valence-electron chi connectivity index (χ2n) is 3.94. The van der Waals surface area contributed by atoms with Crippen LogP contribution < -0.4 is 5.56 Å². The zero-order valence-electron chi connectivity index (χ0n) is 9.55. The van der Waals surface area contributed by atoms with Gasteiger partial charge in [-0.05, 0) is 30.7 Å². The summed E-state index contributed by atoms with van der Waals surface area (Å²) >= 11 is 0. The molecule has 0 bridgehead atoms. The van der Waals surface area contributed by atoms with Crippen molar-refractivity contribution in [1.82, 2.24) is 4.57 Å². The molecule has 0 unspecified atom stereocenters. The summed E-state index contributed by atoms with van der Waals surface area (Å²) in [7, 11) is 0. The molecule has 0 saturated carbocycles. The van der Waals surface area contributed by atoms with Crippen molar-refractivity contribution in [2.24, 2.45) is 0 Å². The molecule has 0 amide bonds.